The summed E-state index contributed by atoms with van der Waals surface area (Å²) >= 11 is 1.64. The van der Waals surface area contributed by atoms with Crippen molar-refractivity contribution in [1.29, 1.82) is 0 Å². The van der Waals surface area contributed by atoms with E-state index in [-0.39, 0.29) is 5.82 Å². The Bertz CT molecular complexity index is 1500. The van der Waals surface area contributed by atoms with Gasteiger partial charge in [-0.2, -0.15) is 5.10 Å². The quantitative estimate of drug-likeness (QED) is 0.406. The number of nitrogens with one attached hydrogen (secondary N) is 2. The Morgan fingerprint density at radius 3 is 2.80 bits per heavy atom. The molecule has 5 aromatic heterocycles. The lowest BCUT2D eigenvalue weighted by Crippen LogP contribution is -1.85. The zero-order chi connectivity index (χ0) is 20.1. The highest BCUT2D eigenvalue weighted by Gasteiger charge is 2.18. The first-order chi connectivity index (χ1) is 14.8. The lowest BCUT2D eigenvalue weighted by atomic mass is 10.0. The monoisotopic (exact) mass is 412 g/mol. The van der Waals surface area contributed by atoms with Gasteiger partial charge in [-0.05, 0) is 41.3 Å². The SMILES string of the molecule is Fc1cc(-c2cccnc2)cc2c(-c3nc4c(-c5cccs5)ccnc4[nH]3)n[nH]c12. The fourth-order valence-electron chi connectivity index (χ4n) is 3.61. The van der Waals surface area contributed by atoms with Crippen molar-refractivity contribution in [3.8, 4) is 33.1 Å². The zero-order valence-corrected chi connectivity index (χ0v) is 16.2. The standard InChI is InChI=1S/C22H13FN6S/c23-16-10-13(12-3-1-6-24-11-12)9-15-18(16)28-29-20(15)22-26-19-14(17-4-2-8-30-17)5-7-25-21(19)27-22/h1-11H,(H,28,29)(H,25,26,27). The van der Waals surface area contributed by atoms with Crippen LogP contribution in [0.25, 0.3) is 55.2 Å². The minimum atomic E-state index is -0.376. The number of hydrogen-bond donors (Lipinski definition) is 2. The van der Waals surface area contributed by atoms with Crippen LogP contribution in [-0.2, 0) is 0 Å². The largest absolute Gasteiger partial charge is 0.321 e. The summed E-state index contributed by atoms with van der Waals surface area (Å²) < 4.78 is 14.8. The highest BCUT2D eigenvalue weighted by Crippen LogP contribution is 2.34. The summed E-state index contributed by atoms with van der Waals surface area (Å²) in [6, 6.07) is 13.1. The average molecular weight is 412 g/mol. The number of nitrogens with zero attached hydrogens (tertiary/aromatic N) is 4. The van der Waals surface area contributed by atoms with E-state index in [4.69, 9.17) is 4.98 Å². The maximum Gasteiger partial charge on any atom is 0.160 e. The third kappa shape index (κ3) is 2.61. The van der Waals surface area contributed by atoms with Crippen molar-refractivity contribution in [2.24, 2.45) is 0 Å². The number of rotatable bonds is 3. The van der Waals surface area contributed by atoms with Gasteiger partial charge in [-0.3, -0.25) is 10.1 Å². The zero-order valence-electron chi connectivity index (χ0n) is 15.4. The van der Waals surface area contributed by atoms with Gasteiger partial charge in [0.1, 0.15) is 22.5 Å². The number of H-pyrrole nitrogens is 2. The normalized spacial score (nSPS) is 11.5. The molecule has 0 aliphatic heterocycles. The molecule has 1 aromatic carbocycles. The van der Waals surface area contributed by atoms with E-state index in [0.29, 0.717) is 28.1 Å². The summed E-state index contributed by atoms with van der Waals surface area (Å²) in [5, 5.41) is 9.82. The van der Waals surface area contributed by atoms with Crippen molar-refractivity contribution in [2.75, 3.05) is 0 Å². The van der Waals surface area contributed by atoms with Crippen molar-refractivity contribution in [1.82, 2.24) is 30.1 Å². The number of thiophene rings is 1. The third-order valence-electron chi connectivity index (χ3n) is 5.02. The molecule has 0 atom stereocenters. The molecule has 5 heterocycles. The van der Waals surface area contributed by atoms with E-state index in [0.717, 1.165) is 27.1 Å². The van der Waals surface area contributed by atoms with E-state index in [9.17, 15) is 4.39 Å². The molecule has 0 amide bonds. The minimum absolute atomic E-state index is 0.338. The number of imidazole rings is 1. The molecule has 30 heavy (non-hydrogen) atoms. The number of hydrogen-bond acceptors (Lipinski definition) is 5. The van der Waals surface area contributed by atoms with Crippen molar-refractivity contribution in [3.63, 3.8) is 0 Å². The summed E-state index contributed by atoms with van der Waals surface area (Å²) in [5.41, 5.74) is 4.86. The summed E-state index contributed by atoms with van der Waals surface area (Å²) in [6.45, 7) is 0. The highest BCUT2D eigenvalue weighted by atomic mass is 32.1. The Morgan fingerprint density at radius 2 is 1.97 bits per heavy atom. The van der Waals surface area contributed by atoms with Gasteiger partial charge >= 0.3 is 0 Å². The number of pyridine rings is 2. The Morgan fingerprint density at radius 1 is 1.00 bits per heavy atom. The van der Waals surface area contributed by atoms with Gasteiger partial charge in [-0.15, -0.1) is 11.3 Å². The summed E-state index contributed by atoms with van der Waals surface area (Å²) in [7, 11) is 0. The van der Waals surface area contributed by atoms with Crippen LogP contribution in [0.3, 0.4) is 0 Å². The molecular formula is C22H13FN6S. The van der Waals surface area contributed by atoms with Crippen molar-refractivity contribution >= 4 is 33.4 Å². The second-order valence-corrected chi connectivity index (χ2v) is 7.76. The minimum Gasteiger partial charge on any atom is -0.321 e. The van der Waals surface area contributed by atoms with E-state index in [1.54, 1.807) is 29.9 Å². The lowest BCUT2D eigenvalue weighted by molar-refractivity contribution is 0.636. The molecule has 6 nitrogen and oxygen atoms in total. The van der Waals surface area contributed by atoms with Gasteiger partial charge in [0, 0.05) is 40.0 Å². The van der Waals surface area contributed by atoms with Gasteiger partial charge in [0.2, 0.25) is 0 Å². The Labute approximate surface area is 173 Å². The van der Waals surface area contributed by atoms with Gasteiger partial charge in [0.25, 0.3) is 0 Å². The third-order valence-corrected chi connectivity index (χ3v) is 5.92. The second-order valence-electron chi connectivity index (χ2n) is 6.81. The first kappa shape index (κ1) is 17.0. The molecule has 2 N–H and O–H groups in total. The van der Waals surface area contributed by atoms with Gasteiger partial charge < -0.3 is 4.98 Å². The molecule has 0 spiro atoms. The van der Waals surface area contributed by atoms with Crippen LogP contribution in [0.2, 0.25) is 0 Å². The van der Waals surface area contributed by atoms with Crippen LogP contribution in [0, 0.1) is 5.82 Å². The smallest absolute Gasteiger partial charge is 0.160 e. The predicted molar refractivity (Wildman–Crippen MR) is 115 cm³/mol. The van der Waals surface area contributed by atoms with Crippen LogP contribution >= 0.6 is 11.3 Å². The number of aromatic amines is 2. The number of halogens is 1. The van der Waals surface area contributed by atoms with E-state index in [1.807, 2.05) is 41.8 Å². The number of benzene rings is 1. The van der Waals surface area contributed by atoms with Crippen molar-refractivity contribution in [3.05, 3.63) is 72.3 Å². The number of aromatic nitrogens is 6. The van der Waals surface area contributed by atoms with E-state index in [2.05, 4.69) is 25.1 Å². The molecule has 144 valence electrons. The maximum atomic E-state index is 14.8. The molecule has 0 radical (unpaired) electrons. The van der Waals surface area contributed by atoms with Gasteiger partial charge in [0.05, 0.1) is 0 Å². The summed E-state index contributed by atoms with van der Waals surface area (Å²) in [5.74, 6) is 0.161. The molecule has 0 aliphatic rings. The molecule has 8 heteroatoms. The van der Waals surface area contributed by atoms with Gasteiger partial charge in [0.15, 0.2) is 11.5 Å². The molecule has 0 unspecified atom stereocenters. The van der Waals surface area contributed by atoms with Gasteiger partial charge in [-0.1, -0.05) is 12.1 Å². The molecule has 6 aromatic rings. The van der Waals surface area contributed by atoms with Crippen LogP contribution < -0.4 is 0 Å². The van der Waals surface area contributed by atoms with Crippen molar-refractivity contribution in [2.45, 2.75) is 0 Å². The molecule has 6 rings (SSSR count). The van der Waals surface area contributed by atoms with E-state index >= 15 is 0 Å². The average Bonchev–Trinajstić information content (AvgIpc) is 3.52. The maximum absolute atomic E-state index is 14.8. The second kappa shape index (κ2) is 6.57. The van der Waals surface area contributed by atoms with Crippen LogP contribution in [-0.4, -0.2) is 30.1 Å². The van der Waals surface area contributed by atoms with Gasteiger partial charge in [-0.25, -0.2) is 14.4 Å². The van der Waals surface area contributed by atoms with Crippen molar-refractivity contribution < 1.29 is 4.39 Å². The van der Waals surface area contributed by atoms with E-state index < -0.39 is 0 Å². The molecule has 0 aliphatic carbocycles. The lowest BCUT2D eigenvalue weighted by Gasteiger charge is -2.02. The Balaban J connectivity index is 1.56. The predicted octanol–water partition coefficient (Wildman–Crippen LogP) is 5.43. The molecule has 0 saturated carbocycles. The van der Waals surface area contributed by atoms with Crippen LogP contribution in [0.5, 0.6) is 0 Å². The summed E-state index contributed by atoms with van der Waals surface area (Å²) in [4.78, 5) is 17.7. The Hall–Kier alpha value is -3.91. The Kier molecular flexibility index (Phi) is 3.72. The molecular weight excluding hydrogens is 399 g/mol. The molecule has 0 saturated heterocycles. The highest BCUT2D eigenvalue weighted by molar-refractivity contribution is 7.13. The molecule has 0 fully saturated rings. The first-order valence-electron chi connectivity index (χ1n) is 9.25. The van der Waals surface area contributed by atoms with Crippen LogP contribution in [0.4, 0.5) is 4.39 Å². The summed E-state index contributed by atoms with van der Waals surface area (Å²) in [6.07, 6.45) is 5.15. The first-order valence-corrected chi connectivity index (χ1v) is 10.1. The molecule has 0 bridgehead atoms. The van der Waals surface area contributed by atoms with E-state index in [1.165, 1.54) is 6.07 Å². The van der Waals surface area contributed by atoms with Crippen LogP contribution in [0.1, 0.15) is 0 Å². The topological polar surface area (TPSA) is 83.1 Å². The number of fused-ring (bicyclic) bond motifs is 2. The van der Waals surface area contributed by atoms with Crippen LogP contribution in [0.15, 0.2) is 66.4 Å². The fraction of sp³-hybridized carbons (Fsp3) is 0. The fourth-order valence-corrected chi connectivity index (χ4v) is 4.37.